The van der Waals surface area contributed by atoms with E-state index in [9.17, 15) is 9.59 Å². The van der Waals surface area contributed by atoms with Crippen LogP contribution in [0.4, 0.5) is 9.59 Å². The van der Waals surface area contributed by atoms with Crippen molar-refractivity contribution in [1.29, 1.82) is 0 Å². The lowest BCUT2D eigenvalue weighted by Crippen LogP contribution is -2.39. The number of fused-ring (bicyclic) bond motifs is 2. The topological polar surface area (TPSA) is 84.1 Å². The van der Waals surface area contributed by atoms with Gasteiger partial charge in [0.2, 0.25) is 0 Å². The summed E-state index contributed by atoms with van der Waals surface area (Å²) in [4.78, 5) is 27.0. The molecule has 0 aromatic heterocycles. The molecule has 180 valence electrons. The van der Waals surface area contributed by atoms with Crippen molar-refractivity contribution in [2.45, 2.75) is 50.5 Å². The van der Waals surface area contributed by atoms with Crippen LogP contribution in [0.3, 0.4) is 0 Å². The van der Waals surface area contributed by atoms with E-state index in [0.717, 1.165) is 37.1 Å². The first-order valence-corrected chi connectivity index (χ1v) is 11.9. The Morgan fingerprint density at radius 3 is 1.47 bits per heavy atom. The van der Waals surface area contributed by atoms with Gasteiger partial charge in [-0.25, -0.2) is 9.59 Å². The predicted molar refractivity (Wildman–Crippen MR) is 123 cm³/mol. The minimum atomic E-state index is -0.234. The van der Waals surface area contributed by atoms with Crippen LogP contribution in [-0.4, -0.2) is 72.6 Å². The van der Waals surface area contributed by atoms with Gasteiger partial charge in [-0.05, 0) is 24.0 Å². The van der Waals surface area contributed by atoms with E-state index in [4.69, 9.17) is 18.9 Å². The quantitative estimate of drug-likeness (QED) is 0.641. The van der Waals surface area contributed by atoms with E-state index in [2.05, 4.69) is 0 Å². The van der Waals surface area contributed by atoms with Crippen molar-refractivity contribution in [2.75, 3.05) is 26.2 Å². The maximum Gasteiger partial charge on any atom is 0.410 e. The molecule has 2 aromatic carbocycles. The first-order valence-electron chi connectivity index (χ1n) is 11.9. The maximum absolute atomic E-state index is 11.8. The number of hydrogen-bond acceptors (Lipinski definition) is 6. The van der Waals surface area contributed by atoms with E-state index in [1.165, 1.54) is 0 Å². The average molecular weight is 467 g/mol. The van der Waals surface area contributed by atoms with Crippen LogP contribution in [0.2, 0.25) is 0 Å². The van der Waals surface area contributed by atoms with Crippen LogP contribution in [0.5, 0.6) is 0 Å². The monoisotopic (exact) mass is 466 g/mol. The normalized spacial score (nSPS) is 26.2. The largest absolute Gasteiger partial charge is 0.445 e. The zero-order chi connectivity index (χ0) is 23.3. The van der Waals surface area contributed by atoms with Gasteiger partial charge in [0.15, 0.2) is 0 Å². The second kappa shape index (κ2) is 10.4. The Morgan fingerprint density at radius 2 is 1.09 bits per heavy atom. The molecule has 0 spiro atoms. The van der Waals surface area contributed by atoms with Gasteiger partial charge in [-0.3, -0.25) is 0 Å². The second-order valence-electron chi connectivity index (χ2n) is 8.98. The van der Waals surface area contributed by atoms with E-state index in [-0.39, 0.29) is 24.4 Å². The molecule has 0 N–H and O–H groups in total. The summed E-state index contributed by atoms with van der Waals surface area (Å²) >= 11 is 0. The van der Waals surface area contributed by atoms with Gasteiger partial charge in [0.1, 0.15) is 25.4 Å². The molecule has 0 bridgehead atoms. The van der Waals surface area contributed by atoms with E-state index < -0.39 is 0 Å². The number of nitrogens with zero attached hydrogens (tertiary/aromatic N) is 2. The molecule has 4 saturated heterocycles. The molecule has 8 nitrogen and oxygen atoms in total. The number of carbonyl (C=O) groups excluding carboxylic acids is 2. The molecule has 4 heterocycles. The highest BCUT2D eigenvalue weighted by atomic mass is 16.6. The van der Waals surface area contributed by atoms with Crippen molar-refractivity contribution in [1.82, 2.24) is 9.80 Å². The number of benzene rings is 2. The standard InChI is InChI=1S/2C13H15NO3/c2*15-13(14-7-6-11-12(8-14)17-11)16-9-10-4-2-1-3-5-10/h2*1-5,11-12H,6-9H2. The lowest BCUT2D eigenvalue weighted by Gasteiger charge is -2.23. The Hall–Kier alpha value is -3.10. The highest BCUT2D eigenvalue weighted by molar-refractivity contribution is 5.68. The molecule has 0 saturated carbocycles. The Bertz CT molecular complexity index is 892. The number of likely N-dealkylation sites (tertiary alicyclic amines) is 2. The fourth-order valence-electron chi connectivity index (χ4n) is 4.32. The summed E-state index contributed by atoms with van der Waals surface area (Å²) in [5, 5.41) is 0. The van der Waals surface area contributed by atoms with Crippen molar-refractivity contribution in [2.24, 2.45) is 0 Å². The van der Waals surface area contributed by atoms with Gasteiger partial charge in [0, 0.05) is 13.1 Å². The molecule has 4 aliphatic heterocycles. The highest BCUT2D eigenvalue weighted by Crippen LogP contribution is 2.31. The molecule has 4 fully saturated rings. The zero-order valence-corrected chi connectivity index (χ0v) is 19.1. The van der Waals surface area contributed by atoms with Gasteiger partial charge in [0.25, 0.3) is 0 Å². The number of epoxide rings is 2. The summed E-state index contributed by atoms with van der Waals surface area (Å²) in [6.45, 7) is 3.52. The first-order chi connectivity index (χ1) is 16.7. The molecule has 4 unspecified atom stereocenters. The first kappa shape index (κ1) is 22.7. The third kappa shape index (κ3) is 6.07. The van der Waals surface area contributed by atoms with Crippen LogP contribution >= 0.6 is 0 Å². The molecule has 8 heteroatoms. The van der Waals surface area contributed by atoms with Crippen LogP contribution in [0.15, 0.2) is 60.7 Å². The van der Waals surface area contributed by atoms with E-state index >= 15 is 0 Å². The Morgan fingerprint density at radius 1 is 0.676 bits per heavy atom. The Labute approximate surface area is 199 Å². The number of hydrogen-bond donors (Lipinski definition) is 0. The summed E-state index contributed by atoms with van der Waals surface area (Å²) in [5.41, 5.74) is 2.02. The van der Waals surface area contributed by atoms with Crippen molar-refractivity contribution >= 4 is 12.2 Å². The maximum atomic E-state index is 11.8. The average Bonchev–Trinajstić information content (AvgIpc) is 3.81. The van der Waals surface area contributed by atoms with Gasteiger partial charge in [-0.15, -0.1) is 0 Å². The van der Waals surface area contributed by atoms with Crippen molar-refractivity contribution < 1.29 is 28.5 Å². The van der Waals surface area contributed by atoms with Gasteiger partial charge >= 0.3 is 12.2 Å². The van der Waals surface area contributed by atoms with E-state index in [1.54, 1.807) is 9.80 Å². The molecule has 0 aliphatic carbocycles. The molecule has 4 aliphatic rings. The SMILES string of the molecule is O=C(OCc1ccccc1)N1CCC2OC2C1.O=C(OCc1ccccc1)N1CCC2OC2C1. The van der Waals surface area contributed by atoms with Crippen LogP contribution in [0, 0.1) is 0 Å². The molecular formula is C26H30N2O6. The summed E-state index contributed by atoms with van der Waals surface area (Å²) in [5.74, 6) is 0. The van der Waals surface area contributed by atoms with Gasteiger partial charge in [-0.2, -0.15) is 0 Å². The lowest BCUT2D eigenvalue weighted by molar-refractivity contribution is 0.0915. The van der Waals surface area contributed by atoms with Crippen molar-refractivity contribution in [3.8, 4) is 0 Å². The lowest BCUT2D eigenvalue weighted by atomic mass is 10.1. The molecule has 2 aromatic rings. The van der Waals surface area contributed by atoms with E-state index in [0.29, 0.717) is 38.5 Å². The number of carbonyl (C=O) groups is 2. The molecule has 2 amide bonds. The van der Waals surface area contributed by atoms with Crippen LogP contribution in [-0.2, 0) is 32.2 Å². The van der Waals surface area contributed by atoms with E-state index in [1.807, 2.05) is 60.7 Å². The summed E-state index contributed by atoms with van der Waals surface area (Å²) < 4.78 is 21.3. The van der Waals surface area contributed by atoms with Gasteiger partial charge in [-0.1, -0.05) is 60.7 Å². The van der Waals surface area contributed by atoms with Gasteiger partial charge in [0.05, 0.1) is 25.3 Å². The third-order valence-electron chi connectivity index (χ3n) is 6.47. The summed E-state index contributed by atoms with van der Waals surface area (Å²) in [6.07, 6.45) is 2.71. The fourth-order valence-corrected chi connectivity index (χ4v) is 4.32. The van der Waals surface area contributed by atoms with Crippen LogP contribution < -0.4 is 0 Å². The molecule has 0 radical (unpaired) electrons. The number of amides is 2. The molecule has 34 heavy (non-hydrogen) atoms. The van der Waals surface area contributed by atoms with Crippen molar-refractivity contribution in [3.05, 3.63) is 71.8 Å². The Balaban J connectivity index is 0.000000142. The number of ether oxygens (including phenoxy) is 4. The van der Waals surface area contributed by atoms with Crippen LogP contribution in [0.1, 0.15) is 24.0 Å². The second-order valence-corrected chi connectivity index (χ2v) is 8.98. The number of piperidine rings is 2. The van der Waals surface area contributed by atoms with Crippen molar-refractivity contribution in [3.63, 3.8) is 0 Å². The summed E-state index contributed by atoms with van der Waals surface area (Å²) in [7, 11) is 0. The van der Waals surface area contributed by atoms with Gasteiger partial charge < -0.3 is 28.7 Å². The zero-order valence-electron chi connectivity index (χ0n) is 19.1. The molecule has 4 atom stereocenters. The fraction of sp³-hybridized carbons (Fsp3) is 0.462. The Kier molecular flexibility index (Phi) is 6.97. The minimum Gasteiger partial charge on any atom is -0.445 e. The third-order valence-corrected chi connectivity index (χ3v) is 6.47. The van der Waals surface area contributed by atoms with Crippen LogP contribution in [0.25, 0.3) is 0 Å². The predicted octanol–water partition coefficient (Wildman–Crippen LogP) is 3.59. The minimum absolute atomic E-state index is 0.234. The number of rotatable bonds is 4. The smallest absolute Gasteiger partial charge is 0.410 e. The molecular weight excluding hydrogens is 436 g/mol. The summed E-state index contributed by atoms with van der Waals surface area (Å²) in [6, 6.07) is 19.4. The molecule has 6 rings (SSSR count). The highest BCUT2D eigenvalue weighted by Gasteiger charge is 2.45.